The van der Waals surface area contributed by atoms with Crippen LogP contribution in [0, 0.1) is 0 Å². The first-order valence-corrected chi connectivity index (χ1v) is 6.09. The van der Waals surface area contributed by atoms with Gasteiger partial charge in [-0.15, -0.1) is 0 Å². The van der Waals surface area contributed by atoms with Crippen molar-refractivity contribution in [3.05, 3.63) is 0 Å². The van der Waals surface area contributed by atoms with Gasteiger partial charge in [-0.25, -0.2) is 0 Å². The van der Waals surface area contributed by atoms with Gasteiger partial charge in [-0.1, -0.05) is 0 Å². The predicted octanol–water partition coefficient (Wildman–Crippen LogP) is -0.558. The number of hydrogen-bond acceptors (Lipinski definition) is 4. The monoisotopic (exact) mass is 227 g/mol. The Morgan fingerprint density at radius 3 is 3.06 bits per heavy atom. The zero-order valence-electron chi connectivity index (χ0n) is 9.60. The molecule has 0 bridgehead atoms. The molecule has 1 saturated heterocycles. The molecule has 2 fully saturated rings. The van der Waals surface area contributed by atoms with Gasteiger partial charge in [0.15, 0.2) is 0 Å². The Morgan fingerprint density at radius 2 is 2.31 bits per heavy atom. The first-order chi connectivity index (χ1) is 7.68. The number of carbonyl (C=O) groups is 1. The van der Waals surface area contributed by atoms with Gasteiger partial charge in [0.2, 0.25) is 5.91 Å². The van der Waals surface area contributed by atoms with Crippen LogP contribution in [0.1, 0.15) is 25.7 Å². The molecule has 0 aromatic rings. The van der Waals surface area contributed by atoms with Crippen LogP contribution in [-0.4, -0.2) is 48.7 Å². The third-order valence-corrected chi connectivity index (χ3v) is 3.69. The van der Waals surface area contributed by atoms with E-state index in [-0.39, 0.29) is 0 Å². The summed E-state index contributed by atoms with van der Waals surface area (Å²) in [6, 6.07) is 0.0246. The first kappa shape index (κ1) is 11.8. The van der Waals surface area contributed by atoms with Crippen LogP contribution in [0.4, 0.5) is 0 Å². The van der Waals surface area contributed by atoms with E-state index in [1.807, 2.05) is 0 Å². The minimum absolute atomic E-state index is 0.401. The summed E-state index contributed by atoms with van der Waals surface area (Å²) in [5, 5.41) is 0. The van der Waals surface area contributed by atoms with E-state index in [9.17, 15) is 4.79 Å². The highest BCUT2D eigenvalue weighted by Gasteiger charge is 2.35. The molecule has 1 heterocycles. The van der Waals surface area contributed by atoms with Crippen molar-refractivity contribution in [2.45, 2.75) is 43.9 Å². The summed E-state index contributed by atoms with van der Waals surface area (Å²) in [5.74, 6) is -0.406. The lowest BCUT2D eigenvalue weighted by Crippen LogP contribution is -2.50. The van der Waals surface area contributed by atoms with Crippen LogP contribution >= 0.6 is 0 Å². The SMILES string of the molecule is NC(=O)C(N)CCN1CCOC2CCCC21. The summed E-state index contributed by atoms with van der Waals surface area (Å²) in [7, 11) is 0. The Balaban J connectivity index is 1.82. The molecular formula is C11H21N3O2. The molecule has 1 amide bonds. The third kappa shape index (κ3) is 2.53. The van der Waals surface area contributed by atoms with Crippen molar-refractivity contribution in [3.8, 4) is 0 Å². The molecule has 4 N–H and O–H groups in total. The van der Waals surface area contributed by atoms with E-state index in [2.05, 4.69) is 4.90 Å². The number of ether oxygens (including phenoxy) is 1. The second-order valence-corrected chi connectivity index (χ2v) is 4.74. The highest BCUT2D eigenvalue weighted by atomic mass is 16.5. The van der Waals surface area contributed by atoms with Crippen molar-refractivity contribution in [2.24, 2.45) is 11.5 Å². The summed E-state index contributed by atoms with van der Waals surface area (Å²) in [6.45, 7) is 2.61. The number of amides is 1. The van der Waals surface area contributed by atoms with Crippen molar-refractivity contribution < 1.29 is 9.53 Å². The average molecular weight is 227 g/mol. The number of primary amides is 1. The summed E-state index contributed by atoms with van der Waals surface area (Å²) in [6.07, 6.45) is 4.67. The standard InChI is InChI=1S/C11H21N3O2/c12-8(11(13)15)4-5-14-6-7-16-10-3-1-2-9(10)14/h8-10H,1-7,12H2,(H2,13,15). The van der Waals surface area contributed by atoms with Gasteiger partial charge < -0.3 is 16.2 Å². The number of fused-ring (bicyclic) bond motifs is 1. The van der Waals surface area contributed by atoms with Crippen LogP contribution < -0.4 is 11.5 Å². The topological polar surface area (TPSA) is 81.6 Å². The van der Waals surface area contributed by atoms with E-state index >= 15 is 0 Å². The summed E-state index contributed by atoms with van der Waals surface area (Å²) >= 11 is 0. The second kappa shape index (κ2) is 5.12. The maximum atomic E-state index is 10.9. The van der Waals surface area contributed by atoms with Gasteiger partial charge in [0.05, 0.1) is 18.8 Å². The number of morpholine rings is 1. The highest BCUT2D eigenvalue weighted by Crippen LogP contribution is 2.29. The second-order valence-electron chi connectivity index (χ2n) is 4.74. The van der Waals surface area contributed by atoms with Gasteiger partial charge in [-0.3, -0.25) is 9.69 Å². The first-order valence-electron chi connectivity index (χ1n) is 6.09. The third-order valence-electron chi connectivity index (χ3n) is 3.69. The molecule has 1 aliphatic carbocycles. The molecule has 0 aromatic carbocycles. The summed E-state index contributed by atoms with van der Waals surface area (Å²) < 4.78 is 5.72. The molecule has 0 spiro atoms. The van der Waals surface area contributed by atoms with E-state index in [0.29, 0.717) is 18.6 Å². The predicted molar refractivity (Wildman–Crippen MR) is 60.7 cm³/mol. The molecule has 5 nitrogen and oxygen atoms in total. The molecule has 0 radical (unpaired) electrons. The molecule has 3 unspecified atom stereocenters. The Kier molecular flexibility index (Phi) is 3.78. The van der Waals surface area contributed by atoms with Gasteiger partial charge in [0, 0.05) is 19.1 Å². The molecule has 2 rings (SSSR count). The summed E-state index contributed by atoms with van der Waals surface area (Å²) in [4.78, 5) is 13.3. The fraction of sp³-hybridized carbons (Fsp3) is 0.909. The fourth-order valence-electron chi connectivity index (χ4n) is 2.73. The highest BCUT2D eigenvalue weighted by molar-refractivity contribution is 5.79. The van der Waals surface area contributed by atoms with E-state index in [1.54, 1.807) is 0 Å². The van der Waals surface area contributed by atoms with Crippen LogP contribution in [0.15, 0.2) is 0 Å². The number of nitrogens with zero attached hydrogens (tertiary/aromatic N) is 1. The maximum absolute atomic E-state index is 10.9. The van der Waals surface area contributed by atoms with Crippen LogP contribution in [0.3, 0.4) is 0 Å². The molecule has 0 aromatic heterocycles. The minimum atomic E-state index is -0.511. The van der Waals surface area contributed by atoms with Crippen LogP contribution in [0.2, 0.25) is 0 Å². The molecule has 16 heavy (non-hydrogen) atoms. The van der Waals surface area contributed by atoms with Gasteiger partial charge in [-0.05, 0) is 25.7 Å². The lowest BCUT2D eigenvalue weighted by molar-refractivity contribution is -0.119. The quantitative estimate of drug-likeness (QED) is 0.674. The number of carbonyl (C=O) groups excluding carboxylic acids is 1. The lowest BCUT2D eigenvalue weighted by atomic mass is 10.1. The largest absolute Gasteiger partial charge is 0.375 e. The van der Waals surface area contributed by atoms with E-state index in [0.717, 1.165) is 19.7 Å². The molecule has 1 saturated carbocycles. The van der Waals surface area contributed by atoms with E-state index < -0.39 is 11.9 Å². The van der Waals surface area contributed by atoms with Crippen LogP contribution in [-0.2, 0) is 9.53 Å². The zero-order chi connectivity index (χ0) is 11.5. The summed E-state index contributed by atoms with van der Waals surface area (Å²) in [5.41, 5.74) is 10.8. The average Bonchev–Trinajstić information content (AvgIpc) is 2.73. The number of nitrogens with two attached hydrogens (primary N) is 2. The van der Waals surface area contributed by atoms with Gasteiger partial charge in [0.1, 0.15) is 0 Å². The molecule has 3 atom stereocenters. The Labute approximate surface area is 96.1 Å². The van der Waals surface area contributed by atoms with Crippen molar-refractivity contribution in [3.63, 3.8) is 0 Å². The van der Waals surface area contributed by atoms with E-state index in [4.69, 9.17) is 16.2 Å². The molecule has 1 aliphatic heterocycles. The molecule has 5 heteroatoms. The molecular weight excluding hydrogens is 206 g/mol. The van der Waals surface area contributed by atoms with Crippen LogP contribution in [0.25, 0.3) is 0 Å². The fourth-order valence-corrected chi connectivity index (χ4v) is 2.73. The van der Waals surface area contributed by atoms with Gasteiger partial charge in [0.25, 0.3) is 0 Å². The normalized spacial score (nSPS) is 32.3. The van der Waals surface area contributed by atoms with Crippen molar-refractivity contribution in [1.29, 1.82) is 0 Å². The maximum Gasteiger partial charge on any atom is 0.234 e. The molecule has 92 valence electrons. The smallest absolute Gasteiger partial charge is 0.234 e. The zero-order valence-corrected chi connectivity index (χ0v) is 9.60. The molecule has 2 aliphatic rings. The number of hydrogen-bond donors (Lipinski definition) is 2. The van der Waals surface area contributed by atoms with Gasteiger partial charge in [-0.2, -0.15) is 0 Å². The van der Waals surface area contributed by atoms with E-state index in [1.165, 1.54) is 19.3 Å². The van der Waals surface area contributed by atoms with Crippen molar-refractivity contribution >= 4 is 5.91 Å². The van der Waals surface area contributed by atoms with Crippen LogP contribution in [0.5, 0.6) is 0 Å². The Bertz CT molecular complexity index is 260. The minimum Gasteiger partial charge on any atom is -0.375 e. The van der Waals surface area contributed by atoms with Crippen molar-refractivity contribution in [1.82, 2.24) is 4.90 Å². The van der Waals surface area contributed by atoms with Crippen molar-refractivity contribution in [2.75, 3.05) is 19.7 Å². The Hall–Kier alpha value is -0.650. The number of rotatable bonds is 4. The van der Waals surface area contributed by atoms with Gasteiger partial charge >= 0.3 is 0 Å². The Morgan fingerprint density at radius 1 is 1.50 bits per heavy atom. The lowest BCUT2D eigenvalue weighted by Gasteiger charge is -2.37.